The summed E-state index contributed by atoms with van der Waals surface area (Å²) in [7, 11) is 1.31. The number of nitrogens with zero attached hydrogens (tertiary/aromatic N) is 4. The van der Waals surface area contributed by atoms with Crippen LogP contribution >= 0.6 is 0 Å². The maximum Gasteiger partial charge on any atom is 0.358 e. The SMILES string of the molecule is COC(=O)c1ccnc(NCCn2cc(C(=O)O)nn2)c1. The normalized spacial score (nSPS) is 10.1. The number of nitrogens with one attached hydrogen (secondary N) is 1. The standard InChI is InChI=1S/C12H13N5O4/c1-21-12(20)8-2-3-13-10(6-8)14-4-5-17-7-9(11(18)19)15-16-17/h2-3,6-7H,4-5H2,1H3,(H,13,14)(H,18,19). The van der Waals surface area contributed by atoms with Gasteiger partial charge in [0.2, 0.25) is 0 Å². The van der Waals surface area contributed by atoms with Crippen molar-refractivity contribution in [3.8, 4) is 0 Å². The fraction of sp³-hybridized carbons (Fsp3) is 0.250. The molecule has 9 heteroatoms. The summed E-state index contributed by atoms with van der Waals surface area (Å²) in [5.74, 6) is -1.05. The van der Waals surface area contributed by atoms with Crippen molar-refractivity contribution >= 4 is 17.8 Å². The molecule has 0 saturated carbocycles. The predicted octanol–water partition coefficient (Wildman–Crippen LogP) is 0.270. The summed E-state index contributed by atoms with van der Waals surface area (Å²) in [6.45, 7) is 0.852. The fourth-order valence-corrected chi connectivity index (χ4v) is 1.58. The van der Waals surface area contributed by atoms with Gasteiger partial charge in [0, 0.05) is 12.7 Å². The van der Waals surface area contributed by atoms with Crippen molar-refractivity contribution in [2.75, 3.05) is 19.0 Å². The van der Waals surface area contributed by atoms with E-state index in [-0.39, 0.29) is 5.69 Å². The number of aromatic carboxylic acids is 1. The molecular formula is C12H13N5O4. The van der Waals surface area contributed by atoms with Gasteiger partial charge in [-0.2, -0.15) is 0 Å². The summed E-state index contributed by atoms with van der Waals surface area (Å²) in [6, 6.07) is 3.11. The smallest absolute Gasteiger partial charge is 0.358 e. The van der Waals surface area contributed by atoms with Crippen molar-refractivity contribution in [3.63, 3.8) is 0 Å². The second-order valence-corrected chi connectivity index (χ2v) is 4.02. The molecule has 0 amide bonds. The Bertz CT molecular complexity index is 655. The van der Waals surface area contributed by atoms with Gasteiger partial charge in [-0.1, -0.05) is 5.21 Å². The molecule has 0 aliphatic rings. The highest BCUT2D eigenvalue weighted by Gasteiger charge is 2.08. The first kappa shape index (κ1) is 14.4. The van der Waals surface area contributed by atoms with Crippen LogP contribution in [0.5, 0.6) is 0 Å². The Kier molecular flexibility index (Phi) is 4.44. The molecule has 0 aliphatic heterocycles. The molecule has 9 nitrogen and oxygen atoms in total. The molecule has 2 aromatic rings. The van der Waals surface area contributed by atoms with Gasteiger partial charge in [-0.3, -0.25) is 0 Å². The summed E-state index contributed by atoms with van der Waals surface area (Å²) < 4.78 is 6.02. The zero-order chi connectivity index (χ0) is 15.2. The summed E-state index contributed by atoms with van der Waals surface area (Å²) in [6.07, 6.45) is 2.83. The van der Waals surface area contributed by atoms with Gasteiger partial charge in [-0.05, 0) is 12.1 Å². The quantitative estimate of drug-likeness (QED) is 0.728. The first-order valence-electron chi connectivity index (χ1n) is 6.02. The molecule has 0 fully saturated rings. The van der Waals surface area contributed by atoms with E-state index in [0.717, 1.165) is 0 Å². The lowest BCUT2D eigenvalue weighted by atomic mass is 10.2. The highest BCUT2D eigenvalue weighted by molar-refractivity contribution is 5.90. The van der Waals surface area contributed by atoms with Crippen LogP contribution < -0.4 is 5.32 Å². The van der Waals surface area contributed by atoms with Crippen LogP contribution in [-0.2, 0) is 11.3 Å². The molecule has 21 heavy (non-hydrogen) atoms. The number of carbonyl (C=O) groups is 2. The Morgan fingerprint density at radius 1 is 1.48 bits per heavy atom. The average Bonchev–Trinajstić information content (AvgIpc) is 2.96. The molecule has 2 rings (SSSR count). The number of anilines is 1. The van der Waals surface area contributed by atoms with Gasteiger partial charge in [0.15, 0.2) is 5.69 Å². The molecule has 0 unspecified atom stereocenters. The van der Waals surface area contributed by atoms with E-state index in [0.29, 0.717) is 24.5 Å². The van der Waals surface area contributed by atoms with Gasteiger partial charge in [0.1, 0.15) is 5.82 Å². The Labute approximate surface area is 119 Å². The number of hydrogen-bond donors (Lipinski definition) is 2. The molecule has 0 bridgehead atoms. The maximum atomic E-state index is 11.4. The number of methoxy groups -OCH3 is 1. The number of carboxylic acids is 1. The highest BCUT2D eigenvalue weighted by Crippen LogP contribution is 2.07. The number of carboxylic acid groups (broad SMARTS) is 1. The molecule has 0 aromatic carbocycles. The van der Waals surface area contributed by atoms with Gasteiger partial charge in [0.05, 0.1) is 25.4 Å². The maximum absolute atomic E-state index is 11.4. The van der Waals surface area contributed by atoms with Crippen molar-refractivity contribution in [2.45, 2.75) is 6.54 Å². The van der Waals surface area contributed by atoms with Crippen molar-refractivity contribution in [2.24, 2.45) is 0 Å². The minimum Gasteiger partial charge on any atom is -0.476 e. The lowest BCUT2D eigenvalue weighted by Crippen LogP contribution is -2.12. The molecule has 0 spiro atoms. The van der Waals surface area contributed by atoms with Crippen LogP contribution in [0.1, 0.15) is 20.8 Å². The van der Waals surface area contributed by atoms with E-state index in [1.807, 2.05) is 0 Å². The van der Waals surface area contributed by atoms with Crippen molar-refractivity contribution in [1.29, 1.82) is 0 Å². The van der Waals surface area contributed by atoms with Crippen molar-refractivity contribution in [1.82, 2.24) is 20.0 Å². The summed E-state index contributed by atoms with van der Waals surface area (Å²) in [4.78, 5) is 26.1. The molecule has 0 saturated heterocycles. The van der Waals surface area contributed by atoms with Crippen LogP contribution in [0.15, 0.2) is 24.5 Å². The molecule has 0 radical (unpaired) electrons. The van der Waals surface area contributed by atoms with Crippen LogP contribution in [0.2, 0.25) is 0 Å². The zero-order valence-corrected chi connectivity index (χ0v) is 11.2. The van der Waals surface area contributed by atoms with E-state index in [4.69, 9.17) is 5.11 Å². The molecule has 2 aromatic heterocycles. The van der Waals surface area contributed by atoms with E-state index in [2.05, 4.69) is 25.3 Å². The van der Waals surface area contributed by atoms with Crippen molar-refractivity contribution < 1.29 is 19.4 Å². The van der Waals surface area contributed by atoms with Gasteiger partial charge in [-0.15, -0.1) is 5.10 Å². The largest absolute Gasteiger partial charge is 0.476 e. The van der Waals surface area contributed by atoms with E-state index >= 15 is 0 Å². The van der Waals surface area contributed by atoms with Crippen LogP contribution in [-0.4, -0.2) is 50.7 Å². The van der Waals surface area contributed by atoms with Crippen LogP contribution in [0.3, 0.4) is 0 Å². The van der Waals surface area contributed by atoms with E-state index in [1.165, 1.54) is 24.2 Å². The number of ether oxygens (including phenoxy) is 1. The Hall–Kier alpha value is -2.97. The number of rotatable bonds is 6. The fourth-order valence-electron chi connectivity index (χ4n) is 1.58. The van der Waals surface area contributed by atoms with Crippen molar-refractivity contribution in [3.05, 3.63) is 35.8 Å². The van der Waals surface area contributed by atoms with Gasteiger partial charge in [0.25, 0.3) is 0 Å². The van der Waals surface area contributed by atoms with Crippen LogP contribution in [0.4, 0.5) is 5.82 Å². The van der Waals surface area contributed by atoms with Gasteiger partial charge < -0.3 is 15.2 Å². The number of carbonyl (C=O) groups excluding carboxylic acids is 1. The molecule has 0 atom stereocenters. The highest BCUT2D eigenvalue weighted by atomic mass is 16.5. The average molecular weight is 291 g/mol. The minimum atomic E-state index is -1.12. The van der Waals surface area contributed by atoms with E-state index in [1.54, 1.807) is 12.1 Å². The van der Waals surface area contributed by atoms with E-state index < -0.39 is 11.9 Å². The molecule has 110 valence electrons. The summed E-state index contributed by atoms with van der Waals surface area (Å²) in [5, 5.41) is 18.9. The molecule has 2 N–H and O–H groups in total. The monoisotopic (exact) mass is 291 g/mol. The lowest BCUT2D eigenvalue weighted by Gasteiger charge is -2.06. The van der Waals surface area contributed by atoms with Gasteiger partial charge in [-0.25, -0.2) is 19.3 Å². The third kappa shape index (κ3) is 3.75. The van der Waals surface area contributed by atoms with Gasteiger partial charge >= 0.3 is 11.9 Å². The van der Waals surface area contributed by atoms with Crippen LogP contribution in [0.25, 0.3) is 0 Å². The Balaban J connectivity index is 1.91. The first-order chi connectivity index (χ1) is 10.1. The van der Waals surface area contributed by atoms with E-state index in [9.17, 15) is 9.59 Å². The topological polar surface area (TPSA) is 119 Å². The Morgan fingerprint density at radius 2 is 2.29 bits per heavy atom. The molecule has 2 heterocycles. The second-order valence-electron chi connectivity index (χ2n) is 4.02. The number of aromatic nitrogens is 4. The lowest BCUT2D eigenvalue weighted by molar-refractivity contribution is 0.0599. The number of hydrogen-bond acceptors (Lipinski definition) is 7. The first-order valence-corrected chi connectivity index (χ1v) is 6.02. The number of esters is 1. The third-order valence-electron chi connectivity index (χ3n) is 2.59. The number of pyridine rings is 1. The van der Waals surface area contributed by atoms with Crippen LogP contribution in [0, 0.1) is 0 Å². The predicted molar refractivity (Wildman–Crippen MR) is 71.0 cm³/mol. The zero-order valence-electron chi connectivity index (χ0n) is 11.2. The summed E-state index contributed by atoms with van der Waals surface area (Å²) >= 11 is 0. The molecular weight excluding hydrogens is 278 g/mol. The minimum absolute atomic E-state index is 0.110. The second kappa shape index (κ2) is 6.46. The third-order valence-corrected chi connectivity index (χ3v) is 2.59. The Morgan fingerprint density at radius 3 is 2.95 bits per heavy atom. The molecule has 0 aliphatic carbocycles. The summed E-state index contributed by atoms with van der Waals surface area (Å²) in [5.41, 5.74) is 0.282.